The van der Waals surface area contributed by atoms with Gasteiger partial charge in [0.1, 0.15) is 5.75 Å². The largest absolute Gasteiger partial charge is 0.508 e. The molecule has 0 unspecified atom stereocenters. The van der Waals surface area contributed by atoms with E-state index in [2.05, 4.69) is 5.32 Å². The van der Waals surface area contributed by atoms with Crippen LogP contribution in [0.15, 0.2) is 48.5 Å². The van der Waals surface area contributed by atoms with E-state index in [0.717, 1.165) is 18.5 Å². The SMILES string of the molecule is O=C(Nc1cccc(O)c1)c1ccc(CN2CCCC2=O)cc1. The summed E-state index contributed by atoms with van der Waals surface area (Å²) < 4.78 is 0. The van der Waals surface area contributed by atoms with Gasteiger partial charge in [-0.2, -0.15) is 0 Å². The van der Waals surface area contributed by atoms with Gasteiger partial charge in [0.2, 0.25) is 5.91 Å². The van der Waals surface area contributed by atoms with E-state index < -0.39 is 0 Å². The molecule has 5 heteroatoms. The van der Waals surface area contributed by atoms with Crippen molar-refractivity contribution in [1.29, 1.82) is 0 Å². The fourth-order valence-corrected chi connectivity index (χ4v) is 2.64. The number of benzene rings is 2. The van der Waals surface area contributed by atoms with Crippen LogP contribution in [0.25, 0.3) is 0 Å². The van der Waals surface area contributed by atoms with Crippen molar-refractivity contribution >= 4 is 17.5 Å². The zero-order valence-electron chi connectivity index (χ0n) is 12.7. The van der Waals surface area contributed by atoms with Gasteiger partial charge in [0.25, 0.3) is 5.91 Å². The molecule has 0 saturated carbocycles. The number of hydrogen-bond donors (Lipinski definition) is 2. The van der Waals surface area contributed by atoms with Crippen molar-refractivity contribution in [2.24, 2.45) is 0 Å². The predicted octanol–water partition coefficient (Wildman–Crippen LogP) is 2.77. The number of aromatic hydroxyl groups is 1. The quantitative estimate of drug-likeness (QED) is 0.912. The van der Waals surface area contributed by atoms with E-state index in [4.69, 9.17) is 0 Å². The number of anilines is 1. The zero-order chi connectivity index (χ0) is 16.2. The van der Waals surface area contributed by atoms with Gasteiger partial charge in [0, 0.05) is 36.8 Å². The Kier molecular flexibility index (Phi) is 4.28. The van der Waals surface area contributed by atoms with Crippen molar-refractivity contribution in [2.75, 3.05) is 11.9 Å². The van der Waals surface area contributed by atoms with E-state index in [1.165, 1.54) is 6.07 Å². The highest BCUT2D eigenvalue weighted by Crippen LogP contribution is 2.17. The van der Waals surface area contributed by atoms with Crippen molar-refractivity contribution in [2.45, 2.75) is 19.4 Å². The molecule has 0 atom stereocenters. The first-order valence-corrected chi connectivity index (χ1v) is 7.59. The summed E-state index contributed by atoms with van der Waals surface area (Å²) in [6.45, 7) is 1.39. The second-order valence-electron chi connectivity index (χ2n) is 5.62. The first-order chi connectivity index (χ1) is 11.1. The highest BCUT2D eigenvalue weighted by atomic mass is 16.3. The summed E-state index contributed by atoms with van der Waals surface area (Å²) in [4.78, 5) is 25.6. The summed E-state index contributed by atoms with van der Waals surface area (Å²) in [7, 11) is 0. The Hall–Kier alpha value is -2.82. The standard InChI is InChI=1S/C18H18N2O3/c21-16-4-1-3-15(11-16)19-18(23)14-8-6-13(7-9-14)12-20-10-2-5-17(20)22/h1,3-4,6-9,11,21H,2,5,10,12H2,(H,19,23). The molecule has 1 heterocycles. The lowest BCUT2D eigenvalue weighted by molar-refractivity contribution is -0.128. The minimum atomic E-state index is -0.237. The fraction of sp³-hybridized carbons (Fsp3) is 0.222. The van der Waals surface area contributed by atoms with E-state index in [0.29, 0.717) is 24.2 Å². The van der Waals surface area contributed by atoms with Gasteiger partial charge < -0.3 is 15.3 Å². The van der Waals surface area contributed by atoms with Crippen LogP contribution >= 0.6 is 0 Å². The third kappa shape index (κ3) is 3.69. The van der Waals surface area contributed by atoms with Gasteiger partial charge in [-0.15, -0.1) is 0 Å². The van der Waals surface area contributed by atoms with Gasteiger partial charge in [-0.3, -0.25) is 9.59 Å². The second kappa shape index (κ2) is 6.52. The summed E-state index contributed by atoms with van der Waals surface area (Å²) in [6.07, 6.45) is 1.55. The predicted molar refractivity (Wildman–Crippen MR) is 87.2 cm³/mol. The van der Waals surface area contributed by atoms with Gasteiger partial charge in [-0.1, -0.05) is 18.2 Å². The summed E-state index contributed by atoms with van der Waals surface area (Å²) in [6, 6.07) is 13.6. The van der Waals surface area contributed by atoms with Crippen molar-refractivity contribution < 1.29 is 14.7 Å². The molecule has 2 aromatic rings. The maximum atomic E-state index is 12.2. The number of phenolic OH excluding ortho intramolecular Hbond substituents is 1. The minimum absolute atomic E-state index is 0.105. The van der Waals surface area contributed by atoms with Crippen molar-refractivity contribution in [3.63, 3.8) is 0 Å². The maximum absolute atomic E-state index is 12.2. The maximum Gasteiger partial charge on any atom is 0.255 e. The smallest absolute Gasteiger partial charge is 0.255 e. The lowest BCUT2D eigenvalue weighted by Crippen LogP contribution is -2.23. The zero-order valence-corrected chi connectivity index (χ0v) is 12.7. The van der Waals surface area contributed by atoms with Crippen molar-refractivity contribution in [1.82, 2.24) is 4.90 Å². The van der Waals surface area contributed by atoms with E-state index in [-0.39, 0.29) is 17.6 Å². The summed E-state index contributed by atoms with van der Waals surface area (Å²) in [5.74, 6) is 0.0588. The van der Waals surface area contributed by atoms with E-state index in [1.54, 1.807) is 30.3 Å². The van der Waals surface area contributed by atoms with E-state index >= 15 is 0 Å². The molecular formula is C18H18N2O3. The monoisotopic (exact) mass is 310 g/mol. The molecule has 1 aliphatic heterocycles. The Morgan fingerprint density at radius 1 is 1.17 bits per heavy atom. The molecule has 0 aliphatic carbocycles. The first kappa shape index (κ1) is 15.1. The normalized spacial score (nSPS) is 14.1. The van der Waals surface area contributed by atoms with Gasteiger partial charge in [0.05, 0.1) is 0 Å². The van der Waals surface area contributed by atoms with Crippen LogP contribution in [0, 0.1) is 0 Å². The average molecular weight is 310 g/mol. The van der Waals surface area contributed by atoms with Crippen LogP contribution in [0.1, 0.15) is 28.8 Å². The van der Waals surface area contributed by atoms with Crippen LogP contribution in [0.2, 0.25) is 0 Å². The summed E-state index contributed by atoms with van der Waals surface area (Å²) in [5.41, 5.74) is 2.08. The lowest BCUT2D eigenvalue weighted by atomic mass is 10.1. The molecule has 2 aromatic carbocycles. The van der Waals surface area contributed by atoms with Crippen LogP contribution in [0.4, 0.5) is 5.69 Å². The average Bonchev–Trinajstić information content (AvgIpc) is 2.93. The molecule has 3 rings (SSSR count). The van der Waals surface area contributed by atoms with Crippen molar-refractivity contribution in [3.8, 4) is 5.75 Å². The molecule has 0 aromatic heterocycles. The molecule has 1 fully saturated rings. The molecule has 2 N–H and O–H groups in total. The minimum Gasteiger partial charge on any atom is -0.508 e. The Morgan fingerprint density at radius 3 is 2.61 bits per heavy atom. The number of hydrogen-bond acceptors (Lipinski definition) is 3. The number of rotatable bonds is 4. The number of nitrogens with zero attached hydrogens (tertiary/aromatic N) is 1. The number of carbonyl (C=O) groups excluding carboxylic acids is 2. The van der Waals surface area contributed by atoms with Gasteiger partial charge in [0.15, 0.2) is 0 Å². The summed E-state index contributed by atoms with van der Waals surface area (Å²) >= 11 is 0. The molecule has 2 amide bonds. The van der Waals surface area contributed by atoms with Crippen LogP contribution in [-0.4, -0.2) is 28.4 Å². The van der Waals surface area contributed by atoms with Gasteiger partial charge >= 0.3 is 0 Å². The van der Waals surface area contributed by atoms with Gasteiger partial charge in [-0.25, -0.2) is 0 Å². The summed E-state index contributed by atoms with van der Waals surface area (Å²) in [5, 5.41) is 12.1. The van der Waals surface area contributed by atoms with Gasteiger partial charge in [-0.05, 0) is 36.2 Å². The van der Waals surface area contributed by atoms with Crippen LogP contribution in [-0.2, 0) is 11.3 Å². The first-order valence-electron chi connectivity index (χ1n) is 7.59. The topological polar surface area (TPSA) is 69.6 Å². The number of nitrogens with one attached hydrogen (secondary N) is 1. The fourth-order valence-electron chi connectivity index (χ4n) is 2.64. The number of phenols is 1. The van der Waals surface area contributed by atoms with Crippen LogP contribution in [0.5, 0.6) is 5.75 Å². The number of amides is 2. The third-order valence-corrected chi connectivity index (χ3v) is 3.86. The van der Waals surface area contributed by atoms with Crippen LogP contribution in [0.3, 0.4) is 0 Å². The third-order valence-electron chi connectivity index (χ3n) is 3.86. The molecule has 0 spiro atoms. The highest BCUT2D eigenvalue weighted by molar-refractivity contribution is 6.04. The Morgan fingerprint density at radius 2 is 1.96 bits per heavy atom. The highest BCUT2D eigenvalue weighted by Gasteiger charge is 2.19. The van der Waals surface area contributed by atoms with Crippen molar-refractivity contribution in [3.05, 3.63) is 59.7 Å². The molecule has 1 saturated heterocycles. The molecule has 1 aliphatic rings. The molecule has 118 valence electrons. The molecule has 5 nitrogen and oxygen atoms in total. The van der Waals surface area contributed by atoms with E-state index in [1.807, 2.05) is 17.0 Å². The molecular weight excluding hydrogens is 292 g/mol. The Balaban J connectivity index is 1.64. The Labute approximate surface area is 134 Å². The number of carbonyl (C=O) groups is 2. The van der Waals surface area contributed by atoms with E-state index in [9.17, 15) is 14.7 Å². The van der Waals surface area contributed by atoms with Crippen LogP contribution < -0.4 is 5.32 Å². The molecule has 23 heavy (non-hydrogen) atoms. The second-order valence-corrected chi connectivity index (χ2v) is 5.62. The lowest BCUT2D eigenvalue weighted by Gasteiger charge is -2.15. The molecule has 0 bridgehead atoms. The number of likely N-dealkylation sites (tertiary alicyclic amines) is 1. The Bertz CT molecular complexity index is 725. The molecule has 0 radical (unpaired) electrons.